The molecule has 126 valence electrons. The van der Waals surface area contributed by atoms with Crippen molar-refractivity contribution in [3.8, 4) is 0 Å². The predicted octanol–water partition coefficient (Wildman–Crippen LogP) is 0.816. The summed E-state index contributed by atoms with van der Waals surface area (Å²) in [5.74, 6) is 0.968. The first-order chi connectivity index (χ1) is 11.1. The molecule has 0 aliphatic carbocycles. The molecule has 0 radical (unpaired) electrons. The van der Waals surface area contributed by atoms with E-state index in [2.05, 4.69) is 20.6 Å². The smallest absolute Gasteiger partial charge is 0.317 e. The summed E-state index contributed by atoms with van der Waals surface area (Å²) in [6.07, 6.45) is 4.22. The molecular weight excluding hydrogens is 300 g/mol. The molecule has 2 heterocycles. The average molecular weight is 322 g/mol. The average Bonchev–Trinajstić information content (AvgIpc) is 3.19. The van der Waals surface area contributed by atoms with Crippen LogP contribution < -0.4 is 5.32 Å². The van der Waals surface area contributed by atoms with E-state index in [1.165, 1.54) is 4.90 Å². The molecule has 0 bridgehead atoms. The van der Waals surface area contributed by atoms with Crippen LogP contribution in [0.3, 0.4) is 0 Å². The van der Waals surface area contributed by atoms with Crippen molar-refractivity contribution in [1.82, 2.24) is 30.1 Å². The van der Waals surface area contributed by atoms with Gasteiger partial charge in [0.25, 0.3) is 0 Å². The molecule has 0 fully saturated rings. The summed E-state index contributed by atoms with van der Waals surface area (Å²) < 4.78 is 11.9. The Kier molecular flexibility index (Phi) is 6.10. The second kappa shape index (κ2) is 8.28. The fourth-order valence-electron chi connectivity index (χ4n) is 1.91. The standard InChI is InChI=1S/C14H22N6O3/c1-4-20-9-11(8-16-20)7-15-14(21)19(2)10-13-17-12(18-23-13)5-6-22-3/h8-9H,4-7,10H2,1-3H3,(H,15,21). The van der Waals surface area contributed by atoms with Crippen molar-refractivity contribution in [3.05, 3.63) is 29.7 Å². The van der Waals surface area contributed by atoms with E-state index in [1.54, 1.807) is 20.4 Å². The molecule has 1 N–H and O–H groups in total. The van der Waals surface area contributed by atoms with Crippen molar-refractivity contribution in [2.24, 2.45) is 0 Å². The minimum Gasteiger partial charge on any atom is -0.384 e. The predicted molar refractivity (Wildman–Crippen MR) is 81.5 cm³/mol. The number of hydrogen-bond donors (Lipinski definition) is 1. The van der Waals surface area contributed by atoms with Crippen molar-refractivity contribution >= 4 is 6.03 Å². The number of carbonyl (C=O) groups excluding carboxylic acids is 1. The highest BCUT2D eigenvalue weighted by molar-refractivity contribution is 5.73. The highest BCUT2D eigenvalue weighted by Crippen LogP contribution is 2.03. The fraction of sp³-hybridized carbons (Fsp3) is 0.571. The highest BCUT2D eigenvalue weighted by Gasteiger charge is 2.13. The molecule has 0 atom stereocenters. The van der Waals surface area contributed by atoms with Crippen LogP contribution in [0.4, 0.5) is 4.79 Å². The van der Waals surface area contributed by atoms with Crippen LogP contribution >= 0.6 is 0 Å². The topological polar surface area (TPSA) is 98.3 Å². The molecule has 0 saturated carbocycles. The van der Waals surface area contributed by atoms with Crippen molar-refractivity contribution in [1.29, 1.82) is 0 Å². The van der Waals surface area contributed by atoms with Crippen LogP contribution in [0.15, 0.2) is 16.9 Å². The lowest BCUT2D eigenvalue weighted by Gasteiger charge is -2.15. The Labute approximate surface area is 134 Å². The number of aryl methyl sites for hydroxylation is 1. The maximum atomic E-state index is 12.1. The SMILES string of the molecule is CCn1cc(CNC(=O)N(C)Cc2nc(CCOC)no2)cn1. The molecule has 0 aliphatic heterocycles. The zero-order chi connectivity index (χ0) is 16.7. The van der Waals surface area contributed by atoms with E-state index in [1.807, 2.05) is 17.8 Å². The summed E-state index contributed by atoms with van der Waals surface area (Å²) in [5.41, 5.74) is 0.952. The Balaban J connectivity index is 1.78. The molecule has 9 heteroatoms. The van der Waals surface area contributed by atoms with Gasteiger partial charge in [0, 0.05) is 45.4 Å². The summed E-state index contributed by atoms with van der Waals surface area (Å²) >= 11 is 0. The molecule has 0 saturated heterocycles. The third-order valence-corrected chi connectivity index (χ3v) is 3.21. The van der Waals surface area contributed by atoms with Gasteiger partial charge in [-0.05, 0) is 6.92 Å². The number of ether oxygens (including phenoxy) is 1. The molecule has 0 aliphatic rings. The fourth-order valence-corrected chi connectivity index (χ4v) is 1.91. The highest BCUT2D eigenvalue weighted by atomic mass is 16.5. The van der Waals surface area contributed by atoms with Crippen molar-refractivity contribution in [3.63, 3.8) is 0 Å². The van der Waals surface area contributed by atoms with Gasteiger partial charge in [-0.1, -0.05) is 5.16 Å². The first kappa shape index (κ1) is 16.9. The molecule has 23 heavy (non-hydrogen) atoms. The molecular formula is C14H22N6O3. The summed E-state index contributed by atoms with van der Waals surface area (Å²) in [4.78, 5) is 17.7. The van der Waals surface area contributed by atoms with E-state index in [0.717, 1.165) is 12.1 Å². The van der Waals surface area contributed by atoms with Crippen molar-refractivity contribution in [2.75, 3.05) is 20.8 Å². The van der Waals surface area contributed by atoms with Gasteiger partial charge < -0.3 is 19.5 Å². The molecule has 0 aromatic carbocycles. The third kappa shape index (κ3) is 5.06. The van der Waals surface area contributed by atoms with Gasteiger partial charge >= 0.3 is 6.03 Å². The van der Waals surface area contributed by atoms with Crippen LogP contribution in [0.1, 0.15) is 24.2 Å². The minimum atomic E-state index is -0.217. The number of rotatable bonds is 8. The summed E-state index contributed by atoms with van der Waals surface area (Å²) in [7, 11) is 3.28. The van der Waals surface area contributed by atoms with Gasteiger partial charge in [-0.3, -0.25) is 4.68 Å². The Morgan fingerprint density at radius 2 is 2.35 bits per heavy atom. The lowest BCUT2D eigenvalue weighted by Crippen LogP contribution is -2.36. The van der Waals surface area contributed by atoms with Crippen LogP contribution in [-0.4, -0.2) is 51.6 Å². The van der Waals surface area contributed by atoms with E-state index in [9.17, 15) is 4.79 Å². The van der Waals surface area contributed by atoms with Gasteiger partial charge in [-0.25, -0.2) is 4.79 Å². The normalized spacial score (nSPS) is 10.7. The number of amides is 2. The molecule has 2 amide bonds. The number of carbonyl (C=O) groups is 1. The van der Waals surface area contributed by atoms with E-state index < -0.39 is 0 Å². The molecule has 2 aromatic rings. The van der Waals surface area contributed by atoms with Gasteiger partial charge in [0.15, 0.2) is 5.82 Å². The van der Waals surface area contributed by atoms with Crippen LogP contribution in [-0.2, 0) is 30.8 Å². The number of urea groups is 1. The van der Waals surface area contributed by atoms with Gasteiger partial charge in [0.05, 0.1) is 12.8 Å². The molecule has 2 rings (SSSR count). The van der Waals surface area contributed by atoms with Crippen LogP contribution in [0.25, 0.3) is 0 Å². The Hall–Kier alpha value is -2.42. The molecule has 0 unspecified atom stereocenters. The second-order valence-electron chi connectivity index (χ2n) is 5.07. The number of methoxy groups -OCH3 is 1. The molecule has 9 nitrogen and oxygen atoms in total. The largest absolute Gasteiger partial charge is 0.384 e. The molecule has 0 spiro atoms. The van der Waals surface area contributed by atoms with Crippen molar-refractivity contribution < 1.29 is 14.1 Å². The molecule has 2 aromatic heterocycles. The second-order valence-corrected chi connectivity index (χ2v) is 5.07. The van der Waals surface area contributed by atoms with E-state index >= 15 is 0 Å². The maximum Gasteiger partial charge on any atom is 0.317 e. The van der Waals surface area contributed by atoms with Crippen LogP contribution in [0.2, 0.25) is 0 Å². The van der Waals surface area contributed by atoms with E-state index in [0.29, 0.717) is 31.3 Å². The lowest BCUT2D eigenvalue weighted by atomic mass is 10.3. The number of nitrogens with one attached hydrogen (secondary N) is 1. The van der Waals surface area contributed by atoms with Crippen LogP contribution in [0, 0.1) is 0 Å². The summed E-state index contributed by atoms with van der Waals surface area (Å²) in [6.45, 7) is 4.01. The van der Waals surface area contributed by atoms with Crippen LogP contribution in [0.5, 0.6) is 0 Å². The van der Waals surface area contributed by atoms with E-state index in [4.69, 9.17) is 9.26 Å². The monoisotopic (exact) mass is 322 g/mol. The van der Waals surface area contributed by atoms with E-state index in [-0.39, 0.29) is 12.6 Å². The first-order valence-corrected chi connectivity index (χ1v) is 7.43. The van der Waals surface area contributed by atoms with Crippen molar-refractivity contribution in [2.45, 2.75) is 33.0 Å². The Morgan fingerprint density at radius 3 is 3.04 bits per heavy atom. The number of aromatic nitrogens is 4. The van der Waals surface area contributed by atoms with Gasteiger partial charge in [-0.15, -0.1) is 0 Å². The van der Waals surface area contributed by atoms with Gasteiger partial charge in [-0.2, -0.15) is 10.1 Å². The quantitative estimate of drug-likeness (QED) is 0.772. The number of nitrogens with zero attached hydrogens (tertiary/aromatic N) is 5. The first-order valence-electron chi connectivity index (χ1n) is 7.43. The third-order valence-electron chi connectivity index (χ3n) is 3.21. The van der Waals surface area contributed by atoms with Gasteiger partial charge in [0.2, 0.25) is 5.89 Å². The summed E-state index contributed by atoms with van der Waals surface area (Å²) in [5, 5.41) is 10.8. The zero-order valence-electron chi connectivity index (χ0n) is 13.7. The van der Waals surface area contributed by atoms with Gasteiger partial charge in [0.1, 0.15) is 6.54 Å². The maximum absolute atomic E-state index is 12.1. The summed E-state index contributed by atoms with van der Waals surface area (Å²) in [6, 6.07) is -0.217. The Morgan fingerprint density at radius 1 is 1.52 bits per heavy atom. The number of hydrogen-bond acceptors (Lipinski definition) is 6. The lowest BCUT2D eigenvalue weighted by molar-refractivity contribution is 0.198. The Bertz CT molecular complexity index is 624. The minimum absolute atomic E-state index is 0.217. The zero-order valence-corrected chi connectivity index (χ0v) is 13.7.